The van der Waals surface area contributed by atoms with Crippen LogP contribution in [0.4, 0.5) is 11.4 Å². The smallest absolute Gasteiger partial charge is 0.240 e. The van der Waals surface area contributed by atoms with E-state index < -0.39 is 10.0 Å². The third kappa shape index (κ3) is 4.66. The fourth-order valence-electron chi connectivity index (χ4n) is 1.75. The van der Waals surface area contributed by atoms with E-state index in [0.29, 0.717) is 5.69 Å². The Balaban J connectivity index is 2.61. The first-order chi connectivity index (χ1) is 9.40. The molecule has 0 spiro atoms. The molecule has 5 N–H and O–H groups in total. The summed E-state index contributed by atoms with van der Waals surface area (Å²) < 4.78 is 25.5. The Labute approximate surface area is 120 Å². The fourth-order valence-corrected chi connectivity index (χ4v) is 2.52. The molecule has 114 valence electrons. The highest BCUT2D eigenvalue weighted by molar-refractivity contribution is 7.89. The van der Waals surface area contributed by atoms with Gasteiger partial charge in [0, 0.05) is 13.2 Å². The third-order valence-corrected chi connectivity index (χ3v) is 4.51. The largest absolute Gasteiger partial charge is 0.397 e. The fraction of sp³-hybridized carbons (Fsp3) is 0.538. The average molecular weight is 301 g/mol. The molecule has 1 aromatic rings. The average Bonchev–Trinajstić information content (AvgIpc) is 2.44. The second-order valence-electron chi connectivity index (χ2n) is 4.81. The van der Waals surface area contributed by atoms with Crippen LogP contribution in [0.3, 0.4) is 0 Å². The van der Waals surface area contributed by atoms with Crippen LogP contribution < -0.4 is 15.8 Å². The van der Waals surface area contributed by atoms with Gasteiger partial charge in [-0.05, 0) is 44.0 Å². The Morgan fingerprint density at radius 2 is 2.10 bits per heavy atom. The summed E-state index contributed by atoms with van der Waals surface area (Å²) in [5.41, 5.74) is 6.96. The molecule has 0 bridgehead atoms. The molecule has 1 rings (SSSR count). The van der Waals surface area contributed by atoms with Crippen molar-refractivity contribution in [2.24, 2.45) is 5.92 Å². The highest BCUT2D eigenvalue weighted by atomic mass is 32.2. The summed E-state index contributed by atoms with van der Waals surface area (Å²) in [5, 5.41) is 12.1. The van der Waals surface area contributed by atoms with Crippen LogP contribution in [0.2, 0.25) is 0 Å². The first-order valence-electron chi connectivity index (χ1n) is 6.58. The van der Waals surface area contributed by atoms with Gasteiger partial charge in [0.05, 0.1) is 16.3 Å². The Morgan fingerprint density at radius 1 is 1.40 bits per heavy atom. The molecule has 20 heavy (non-hydrogen) atoms. The van der Waals surface area contributed by atoms with Gasteiger partial charge in [-0.15, -0.1) is 0 Å². The van der Waals surface area contributed by atoms with Gasteiger partial charge < -0.3 is 16.2 Å². The van der Waals surface area contributed by atoms with E-state index in [9.17, 15) is 8.42 Å². The maximum Gasteiger partial charge on any atom is 0.240 e. The number of anilines is 2. The molecule has 7 heteroatoms. The quantitative estimate of drug-likeness (QED) is 0.423. The lowest BCUT2D eigenvalue weighted by atomic mass is 10.1. The number of nitrogens with two attached hydrogens (primary N) is 1. The molecule has 0 radical (unpaired) electrons. The number of hydrogen-bond donors (Lipinski definition) is 4. The van der Waals surface area contributed by atoms with Crippen molar-refractivity contribution < 1.29 is 13.5 Å². The Bertz CT molecular complexity index is 532. The zero-order chi connectivity index (χ0) is 15.2. The number of aliphatic hydroxyl groups excluding tert-OH is 1. The van der Waals surface area contributed by atoms with E-state index in [1.54, 1.807) is 6.07 Å². The lowest BCUT2D eigenvalue weighted by Crippen LogP contribution is -2.18. The summed E-state index contributed by atoms with van der Waals surface area (Å²) in [5.74, 6) is 0.289. The molecule has 1 aromatic carbocycles. The first kappa shape index (κ1) is 16.7. The molecule has 0 saturated heterocycles. The van der Waals surface area contributed by atoms with Crippen molar-refractivity contribution in [3.63, 3.8) is 0 Å². The van der Waals surface area contributed by atoms with Crippen molar-refractivity contribution >= 4 is 21.4 Å². The summed E-state index contributed by atoms with van der Waals surface area (Å²) in [6.45, 7) is 2.91. The molecule has 6 nitrogen and oxygen atoms in total. The first-order valence-corrected chi connectivity index (χ1v) is 8.07. The van der Waals surface area contributed by atoms with E-state index in [1.807, 2.05) is 6.92 Å². The van der Waals surface area contributed by atoms with Crippen LogP contribution in [-0.4, -0.2) is 33.7 Å². The molecule has 0 aliphatic rings. The minimum absolute atomic E-state index is 0.150. The van der Waals surface area contributed by atoms with Crippen molar-refractivity contribution in [3.8, 4) is 0 Å². The lowest BCUT2D eigenvalue weighted by molar-refractivity contribution is 0.229. The normalized spacial score (nSPS) is 13.2. The summed E-state index contributed by atoms with van der Waals surface area (Å²) in [6, 6.07) is 4.61. The van der Waals surface area contributed by atoms with Gasteiger partial charge in [0.2, 0.25) is 10.0 Å². The van der Waals surface area contributed by atoms with Crippen LogP contribution in [0.5, 0.6) is 0 Å². The van der Waals surface area contributed by atoms with Crippen molar-refractivity contribution in [1.29, 1.82) is 0 Å². The van der Waals surface area contributed by atoms with Gasteiger partial charge in [-0.25, -0.2) is 13.1 Å². The molecule has 0 amide bonds. The van der Waals surface area contributed by atoms with E-state index in [0.717, 1.165) is 25.1 Å². The maximum atomic E-state index is 11.6. The van der Waals surface area contributed by atoms with Gasteiger partial charge in [0.15, 0.2) is 0 Å². The molecule has 1 unspecified atom stereocenters. The van der Waals surface area contributed by atoms with Crippen LogP contribution in [0.1, 0.15) is 19.8 Å². The Kier molecular flexibility index (Phi) is 6.25. The SMILES string of the molecule is CNS(=O)(=O)c1ccc(NCCCC(C)CO)c(N)c1. The van der Waals surface area contributed by atoms with Crippen molar-refractivity contribution in [1.82, 2.24) is 4.72 Å². The second-order valence-corrected chi connectivity index (χ2v) is 6.70. The van der Waals surface area contributed by atoms with Gasteiger partial charge in [-0.3, -0.25) is 0 Å². The van der Waals surface area contributed by atoms with Gasteiger partial charge in [-0.2, -0.15) is 0 Å². The summed E-state index contributed by atoms with van der Waals surface area (Å²) in [7, 11) is -2.10. The maximum absolute atomic E-state index is 11.6. The third-order valence-electron chi connectivity index (χ3n) is 3.10. The van der Waals surface area contributed by atoms with Gasteiger partial charge >= 0.3 is 0 Å². The van der Waals surface area contributed by atoms with Crippen LogP contribution in [0.15, 0.2) is 23.1 Å². The summed E-state index contributed by atoms with van der Waals surface area (Å²) in [6.07, 6.45) is 1.84. The minimum Gasteiger partial charge on any atom is -0.397 e. The van der Waals surface area contributed by atoms with E-state index in [1.165, 1.54) is 19.2 Å². The zero-order valence-electron chi connectivity index (χ0n) is 11.9. The van der Waals surface area contributed by atoms with Crippen molar-refractivity contribution in [2.75, 3.05) is 31.2 Å². The number of benzene rings is 1. The van der Waals surface area contributed by atoms with Gasteiger partial charge in [-0.1, -0.05) is 6.92 Å². The molecular formula is C13H23N3O3S. The molecule has 0 aromatic heterocycles. The zero-order valence-corrected chi connectivity index (χ0v) is 12.7. The van der Waals surface area contributed by atoms with E-state index in [4.69, 9.17) is 10.8 Å². The molecule has 0 heterocycles. The van der Waals surface area contributed by atoms with Gasteiger partial charge in [0.25, 0.3) is 0 Å². The van der Waals surface area contributed by atoms with E-state index in [-0.39, 0.29) is 17.4 Å². The predicted octanol–water partition coefficient (Wildman–Crippen LogP) is 0.997. The summed E-state index contributed by atoms with van der Waals surface area (Å²) >= 11 is 0. The lowest BCUT2D eigenvalue weighted by Gasteiger charge is -2.12. The van der Waals surface area contributed by atoms with Crippen LogP contribution >= 0.6 is 0 Å². The topological polar surface area (TPSA) is 104 Å². The van der Waals surface area contributed by atoms with Crippen molar-refractivity contribution in [3.05, 3.63) is 18.2 Å². The molecule has 0 aliphatic carbocycles. The van der Waals surface area contributed by atoms with E-state index >= 15 is 0 Å². The number of nitrogens with one attached hydrogen (secondary N) is 2. The Hall–Kier alpha value is -1.31. The van der Waals surface area contributed by atoms with Crippen LogP contribution in [0, 0.1) is 5.92 Å². The highest BCUT2D eigenvalue weighted by Gasteiger charge is 2.12. The standard InChI is InChI=1S/C13H23N3O3S/c1-10(9-17)4-3-7-16-13-6-5-11(8-12(13)14)20(18,19)15-2/h5-6,8,10,15-17H,3-4,7,9,14H2,1-2H3. The van der Waals surface area contributed by atoms with Crippen molar-refractivity contribution in [2.45, 2.75) is 24.7 Å². The van der Waals surface area contributed by atoms with Crippen LogP contribution in [0.25, 0.3) is 0 Å². The molecule has 0 aliphatic heterocycles. The minimum atomic E-state index is -3.46. The number of aliphatic hydroxyl groups is 1. The predicted molar refractivity (Wildman–Crippen MR) is 81.1 cm³/mol. The molecule has 0 fully saturated rings. The van der Waals surface area contributed by atoms with E-state index in [2.05, 4.69) is 10.0 Å². The van der Waals surface area contributed by atoms with Crippen LogP contribution in [-0.2, 0) is 10.0 Å². The molecule has 1 atom stereocenters. The number of sulfonamides is 1. The second kappa shape index (κ2) is 7.47. The summed E-state index contributed by atoms with van der Waals surface area (Å²) in [4.78, 5) is 0.150. The number of rotatable bonds is 8. The molecular weight excluding hydrogens is 278 g/mol. The Morgan fingerprint density at radius 3 is 2.65 bits per heavy atom. The highest BCUT2D eigenvalue weighted by Crippen LogP contribution is 2.22. The number of hydrogen-bond acceptors (Lipinski definition) is 5. The van der Waals surface area contributed by atoms with Gasteiger partial charge in [0.1, 0.15) is 0 Å². The monoisotopic (exact) mass is 301 g/mol. The molecule has 0 saturated carbocycles. The number of nitrogen functional groups attached to an aromatic ring is 1.